The summed E-state index contributed by atoms with van der Waals surface area (Å²) in [6.45, 7) is 0. The first-order valence-electron chi connectivity index (χ1n) is 6.83. The summed E-state index contributed by atoms with van der Waals surface area (Å²) in [4.78, 5) is 13.2. The second-order valence-electron chi connectivity index (χ2n) is 4.73. The van der Waals surface area contributed by atoms with Gasteiger partial charge in [-0.2, -0.15) is 9.97 Å². The van der Waals surface area contributed by atoms with Gasteiger partial charge in [0.1, 0.15) is 0 Å². The van der Waals surface area contributed by atoms with E-state index in [1.165, 1.54) is 11.8 Å². The van der Waals surface area contributed by atoms with Crippen LogP contribution in [0.3, 0.4) is 0 Å². The molecule has 24 heavy (non-hydrogen) atoms. The van der Waals surface area contributed by atoms with Crippen molar-refractivity contribution in [3.63, 3.8) is 0 Å². The number of rotatable bonds is 4. The molecule has 1 heterocycles. The number of thioether (sulfide) groups is 1. The number of halogens is 3. The van der Waals surface area contributed by atoms with E-state index in [2.05, 4.69) is 20.3 Å². The van der Waals surface area contributed by atoms with Crippen LogP contribution in [-0.4, -0.2) is 21.2 Å². The fourth-order valence-electron chi connectivity index (χ4n) is 1.96. The van der Waals surface area contributed by atoms with E-state index in [1.54, 1.807) is 30.3 Å². The quantitative estimate of drug-likeness (QED) is 0.550. The highest BCUT2D eigenvalue weighted by molar-refractivity contribution is 7.98. The highest BCUT2D eigenvalue weighted by atomic mass is 35.5. The van der Waals surface area contributed by atoms with Gasteiger partial charge in [-0.25, -0.2) is 4.98 Å². The molecule has 1 N–H and O–H groups in total. The zero-order chi connectivity index (χ0) is 17.1. The zero-order valence-corrected chi connectivity index (χ0v) is 15.5. The Bertz CT molecular complexity index is 872. The van der Waals surface area contributed by atoms with E-state index in [1.807, 2.05) is 18.4 Å². The molecule has 3 aromatic rings. The standard InChI is InChI=1S/C16H11Cl3N4S/c1-24-16-22-14(12-7-4-10(18)8-13(12)19)21-15(23-16)20-11-5-2-9(17)3-6-11/h2-8H,1H3,(H,20,21,22,23). The van der Waals surface area contributed by atoms with Gasteiger partial charge in [0.2, 0.25) is 5.95 Å². The molecule has 0 aliphatic heterocycles. The van der Waals surface area contributed by atoms with Gasteiger partial charge in [-0.15, -0.1) is 0 Å². The van der Waals surface area contributed by atoms with Gasteiger partial charge < -0.3 is 5.32 Å². The van der Waals surface area contributed by atoms with Crippen molar-refractivity contribution >= 4 is 58.2 Å². The second-order valence-corrected chi connectivity index (χ2v) is 6.78. The number of aromatic nitrogens is 3. The van der Waals surface area contributed by atoms with Crippen LogP contribution in [0.15, 0.2) is 47.6 Å². The molecule has 0 amide bonds. The Morgan fingerprint density at radius 1 is 0.875 bits per heavy atom. The summed E-state index contributed by atoms with van der Waals surface area (Å²) in [5, 5.41) is 5.43. The fraction of sp³-hybridized carbons (Fsp3) is 0.0625. The van der Waals surface area contributed by atoms with Gasteiger partial charge in [-0.05, 0) is 48.7 Å². The molecule has 0 fully saturated rings. The maximum Gasteiger partial charge on any atom is 0.231 e. The van der Waals surface area contributed by atoms with Crippen molar-refractivity contribution in [2.75, 3.05) is 11.6 Å². The van der Waals surface area contributed by atoms with Crippen molar-refractivity contribution in [1.29, 1.82) is 0 Å². The smallest absolute Gasteiger partial charge is 0.231 e. The van der Waals surface area contributed by atoms with Crippen LogP contribution in [0.4, 0.5) is 11.6 Å². The number of nitrogens with one attached hydrogen (secondary N) is 1. The highest BCUT2D eigenvalue weighted by Gasteiger charge is 2.12. The summed E-state index contributed by atoms with van der Waals surface area (Å²) in [5.41, 5.74) is 1.52. The molecule has 8 heteroatoms. The average molecular weight is 398 g/mol. The fourth-order valence-corrected chi connectivity index (χ4v) is 2.93. The van der Waals surface area contributed by atoms with E-state index in [0.29, 0.717) is 37.6 Å². The lowest BCUT2D eigenvalue weighted by Gasteiger charge is -2.09. The Balaban J connectivity index is 2.00. The van der Waals surface area contributed by atoms with Crippen LogP contribution in [0.1, 0.15) is 0 Å². The molecule has 3 rings (SSSR count). The first-order valence-corrected chi connectivity index (χ1v) is 9.19. The molecule has 122 valence electrons. The third-order valence-corrected chi connectivity index (χ3v) is 4.42. The maximum absolute atomic E-state index is 6.26. The lowest BCUT2D eigenvalue weighted by molar-refractivity contribution is 0.923. The Morgan fingerprint density at radius 2 is 1.58 bits per heavy atom. The molecular weight excluding hydrogens is 387 g/mol. The Kier molecular flexibility index (Phi) is 5.46. The van der Waals surface area contributed by atoms with Gasteiger partial charge >= 0.3 is 0 Å². The lowest BCUT2D eigenvalue weighted by atomic mass is 10.2. The van der Waals surface area contributed by atoms with E-state index in [4.69, 9.17) is 34.8 Å². The Hall–Kier alpha value is -1.53. The zero-order valence-electron chi connectivity index (χ0n) is 12.4. The van der Waals surface area contributed by atoms with Gasteiger partial charge in [0, 0.05) is 21.3 Å². The minimum Gasteiger partial charge on any atom is -0.324 e. The number of hydrogen-bond acceptors (Lipinski definition) is 5. The van der Waals surface area contributed by atoms with E-state index >= 15 is 0 Å². The Morgan fingerprint density at radius 3 is 2.25 bits per heavy atom. The molecule has 0 saturated carbocycles. The van der Waals surface area contributed by atoms with E-state index in [-0.39, 0.29) is 0 Å². The van der Waals surface area contributed by atoms with Gasteiger partial charge in [-0.3, -0.25) is 0 Å². The summed E-state index contributed by atoms with van der Waals surface area (Å²) >= 11 is 19.5. The van der Waals surface area contributed by atoms with Crippen molar-refractivity contribution in [3.05, 3.63) is 57.5 Å². The van der Waals surface area contributed by atoms with Gasteiger partial charge in [0.15, 0.2) is 11.0 Å². The van der Waals surface area contributed by atoms with E-state index in [0.717, 1.165) is 5.69 Å². The molecule has 0 saturated heterocycles. The van der Waals surface area contributed by atoms with Crippen LogP contribution in [0.5, 0.6) is 0 Å². The van der Waals surface area contributed by atoms with Crippen LogP contribution in [-0.2, 0) is 0 Å². The summed E-state index contributed by atoms with van der Waals surface area (Å²) in [5.74, 6) is 0.908. The molecule has 0 bridgehead atoms. The van der Waals surface area contributed by atoms with Crippen LogP contribution >= 0.6 is 46.6 Å². The normalized spacial score (nSPS) is 10.7. The maximum atomic E-state index is 6.26. The number of benzene rings is 2. The predicted octanol–water partition coefficient (Wildman–Crippen LogP) is 5.96. The molecule has 0 aliphatic carbocycles. The average Bonchev–Trinajstić information content (AvgIpc) is 2.56. The summed E-state index contributed by atoms with van der Waals surface area (Å²) in [6, 6.07) is 12.5. The Labute approximate surface area is 158 Å². The van der Waals surface area contributed by atoms with Crippen LogP contribution < -0.4 is 5.32 Å². The number of hydrogen-bond donors (Lipinski definition) is 1. The summed E-state index contributed by atoms with van der Waals surface area (Å²) < 4.78 is 0. The van der Waals surface area contributed by atoms with E-state index < -0.39 is 0 Å². The first kappa shape index (κ1) is 17.3. The number of nitrogens with zero attached hydrogens (tertiary/aromatic N) is 3. The third kappa shape index (κ3) is 4.11. The summed E-state index contributed by atoms with van der Waals surface area (Å²) in [7, 11) is 0. The lowest BCUT2D eigenvalue weighted by Crippen LogP contribution is -2.02. The SMILES string of the molecule is CSc1nc(Nc2ccc(Cl)cc2)nc(-c2ccc(Cl)cc2Cl)n1. The monoisotopic (exact) mass is 396 g/mol. The molecule has 2 aromatic carbocycles. The third-order valence-electron chi connectivity index (χ3n) is 3.07. The molecule has 1 aromatic heterocycles. The molecule has 0 spiro atoms. The first-order chi connectivity index (χ1) is 11.5. The largest absolute Gasteiger partial charge is 0.324 e. The minimum atomic E-state index is 0.428. The van der Waals surface area contributed by atoms with Crippen LogP contribution in [0, 0.1) is 0 Å². The van der Waals surface area contributed by atoms with Crippen molar-refractivity contribution < 1.29 is 0 Å². The van der Waals surface area contributed by atoms with Crippen molar-refractivity contribution in [3.8, 4) is 11.4 Å². The van der Waals surface area contributed by atoms with E-state index in [9.17, 15) is 0 Å². The van der Waals surface area contributed by atoms with Crippen molar-refractivity contribution in [1.82, 2.24) is 15.0 Å². The highest BCUT2D eigenvalue weighted by Crippen LogP contribution is 2.30. The van der Waals surface area contributed by atoms with Crippen molar-refractivity contribution in [2.24, 2.45) is 0 Å². The molecule has 0 aliphatic rings. The van der Waals surface area contributed by atoms with Crippen LogP contribution in [0.25, 0.3) is 11.4 Å². The summed E-state index contributed by atoms with van der Waals surface area (Å²) in [6.07, 6.45) is 1.90. The van der Waals surface area contributed by atoms with Crippen LogP contribution in [0.2, 0.25) is 15.1 Å². The number of anilines is 2. The van der Waals surface area contributed by atoms with Crippen molar-refractivity contribution in [2.45, 2.75) is 5.16 Å². The molecule has 0 atom stereocenters. The molecular formula is C16H11Cl3N4S. The molecule has 0 radical (unpaired) electrons. The topological polar surface area (TPSA) is 50.7 Å². The minimum absolute atomic E-state index is 0.428. The predicted molar refractivity (Wildman–Crippen MR) is 102 cm³/mol. The molecule has 0 unspecified atom stereocenters. The second kappa shape index (κ2) is 7.57. The molecule has 4 nitrogen and oxygen atoms in total. The van der Waals surface area contributed by atoms with Gasteiger partial charge in [0.25, 0.3) is 0 Å². The van der Waals surface area contributed by atoms with Gasteiger partial charge in [0.05, 0.1) is 5.02 Å². The van der Waals surface area contributed by atoms with Gasteiger partial charge in [-0.1, -0.05) is 46.6 Å².